The molecule has 5 N–H and O–H groups in total. The van der Waals surface area contributed by atoms with E-state index in [1.54, 1.807) is 0 Å². The Kier molecular flexibility index (Phi) is 6.20. The number of aliphatic hydroxyl groups excluding tert-OH is 1. The minimum absolute atomic E-state index is 0.0123. The van der Waals surface area contributed by atoms with Gasteiger partial charge in [-0.2, -0.15) is 0 Å². The number of hydrogen-bond acceptors (Lipinski definition) is 7. The van der Waals surface area contributed by atoms with Crippen LogP contribution in [0.25, 0.3) is 0 Å². The summed E-state index contributed by atoms with van der Waals surface area (Å²) in [7, 11) is 0. The summed E-state index contributed by atoms with van der Waals surface area (Å²) in [5.74, 6) is -1.07. The highest BCUT2D eigenvalue weighted by molar-refractivity contribution is 5.85. The summed E-state index contributed by atoms with van der Waals surface area (Å²) < 4.78 is 1.39. The monoisotopic (exact) mass is 325 g/mol. The maximum atomic E-state index is 12.8. The molecule has 128 valence electrons. The van der Waals surface area contributed by atoms with E-state index in [1.165, 1.54) is 10.9 Å². The molecule has 0 aromatic carbocycles. The second kappa shape index (κ2) is 8.14. The first kappa shape index (κ1) is 17.5. The lowest BCUT2D eigenvalue weighted by Crippen LogP contribution is -2.36. The number of Topliss-reactive ketones (excluding diaryl/α,β-unsaturated/α-hetero) is 1. The number of carbonyl (C=O) groups excluding carboxylic acids is 1. The molecule has 1 aliphatic rings. The molecular weight excluding hydrogens is 302 g/mol. The third-order valence-electron chi connectivity index (χ3n) is 4.13. The van der Waals surface area contributed by atoms with Crippen LogP contribution < -0.4 is 11.1 Å². The van der Waals surface area contributed by atoms with Crippen LogP contribution >= 0.6 is 0 Å². The molecule has 1 aliphatic heterocycles. The van der Waals surface area contributed by atoms with E-state index in [9.17, 15) is 9.59 Å². The molecule has 1 aromatic rings. The fraction of sp³-hybridized carbons (Fsp3) is 0.714. The molecule has 2 rings (SSSR count). The molecule has 1 fully saturated rings. The zero-order valence-corrected chi connectivity index (χ0v) is 12.9. The molecule has 9 heteroatoms. The lowest BCUT2D eigenvalue weighted by Gasteiger charge is -2.25. The molecule has 1 saturated heterocycles. The molecule has 0 aliphatic carbocycles. The fourth-order valence-corrected chi connectivity index (χ4v) is 2.75. The Morgan fingerprint density at radius 2 is 2.13 bits per heavy atom. The molecule has 23 heavy (non-hydrogen) atoms. The molecule has 0 spiro atoms. The zero-order chi connectivity index (χ0) is 16.8. The molecule has 1 aromatic heterocycles. The first-order chi connectivity index (χ1) is 11.0. The van der Waals surface area contributed by atoms with Gasteiger partial charge in [0.05, 0.1) is 18.8 Å². The van der Waals surface area contributed by atoms with Crippen LogP contribution in [0.5, 0.6) is 0 Å². The van der Waals surface area contributed by atoms with Gasteiger partial charge in [0.2, 0.25) is 0 Å². The van der Waals surface area contributed by atoms with Crippen molar-refractivity contribution in [3.8, 4) is 0 Å². The van der Waals surface area contributed by atoms with Crippen LogP contribution in [0.4, 0.5) is 0 Å². The SMILES string of the molecule is N[C@@H](CO)c1cn([C@@H](CCC(=O)O)C(=O)C2CCNCC2)nn1. The summed E-state index contributed by atoms with van der Waals surface area (Å²) in [4.78, 5) is 23.6. The van der Waals surface area contributed by atoms with Crippen molar-refractivity contribution in [1.82, 2.24) is 20.3 Å². The molecule has 2 heterocycles. The number of aliphatic hydroxyl groups is 1. The number of aromatic nitrogens is 3. The highest BCUT2D eigenvalue weighted by Gasteiger charge is 2.30. The van der Waals surface area contributed by atoms with Gasteiger partial charge in [-0.3, -0.25) is 9.59 Å². The van der Waals surface area contributed by atoms with Gasteiger partial charge in [-0.15, -0.1) is 5.10 Å². The largest absolute Gasteiger partial charge is 0.481 e. The van der Waals surface area contributed by atoms with E-state index >= 15 is 0 Å². The van der Waals surface area contributed by atoms with Gasteiger partial charge in [-0.25, -0.2) is 4.68 Å². The molecule has 0 saturated carbocycles. The smallest absolute Gasteiger partial charge is 0.303 e. The third kappa shape index (κ3) is 4.57. The van der Waals surface area contributed by atoms with Gasteiger partial charge in [0.25, 0.3) is 0 Å². The highest BCUT2D eigenvalue weighted by atomic mass is 16.4. The minimum atomic E-state index is -0.958. The molecule has 0 unspecified atom stereocenters. The topological polar surface area (TPSA) is 143 Å². The predicted molar refractivity (Wildman–Crippen MR) is 80.5 cm³/mol. The Hall–Kier alpha value is -1.84. The normalized spacial score (nSPS) is 18.5. The van der Waals surface area contributed by atoms with Gasteiger partial charge in [0, 0.05) is 12.3 Å². The number of rotatable bonds is 8. The van der Waals surface area contributed by atoms with E-state index in [-0.39, 0.29) is 31.1 Å². The van der Waals surface area contributed by atoms with Gasteiger partial charge < -0.3 is 21.3 Å². The Morgan fingerprint density at radius 3 is 2.74 bits per heavy atom. The average Bonchev–Trinajstić information content (AvgIpc) is 3.04. The number of aliphatic carboxylic acids is 1. The summed E-state index contributed by atoms with van der Waals surface area (Å²) in [5.41, 5.74) is 6.08. The van der Waals surface area contributed by atoms with E-state index in [2.05, 4.69) is 15.6 Å². The van der Waals surface area contributed by atoms with Crippen LogP contribution in [0.2, 0.25) is 0 Å². The van der Waals surface area contributed by atoms with Crippen LogP contribution in [0, 0.1) is 5.92 Å². The van der Waals surface area contributed by atoms with Crippen LogP contribution in [0.15, 0.2) is 6.20 Å². The lowest BCUT2D eigenvalue weighted by molar-refractivity contribution is -0.137. The van der Waals surface area contributed by atoms with Gasteiger partial charge in [-0.1, -0.05) is 5.21 Å². The Bertz CT molecular complexity index is 541. The highest BCUT2D eigenvalue weighted by Crippen LogP contribution is 2.24. The average molecular weight is 325 g/mol. The van der Waals surface area contributed by atoms with Crippen molar-refractivity contribution < 1.29 is 19.8 Å². The number of nitrogens with two attached hydrogens (primary N) is 1. The van der Waals surface area contributed by atoms with Crippen molar-refractivity contribution in [1.29, 1.82) is 0 Å². The fourth-order valence-electron chi connectivity index (χ4n) is 2.75. The third-order valence-corrected chi connectivity index (χ3v) is 4.13. The number of carboxylic acid groups (broad SMARTS) is 1. The first-order valence-electron chi connectivity index (χ1n) is 7.77. The minimum Gasteiger partial charge on any atom is -0.481 e. The maximum Gasteiger partial charge on any atom is 0.303 e. The molecular formula is C14H23N5O4. The number of carboxylic acids is 1. The molecule has 0 amide bonds. The van der Waals surface area contributed by atoms with Crippen LogP contribution in [0.1, 0.15) is 43.5 Å². The number of nitrogens with one attached hydrogen (secondary N) is 1. The predicted octanol–water partition coefficient (Wildman–Crippen LogP) is -0.755. The van der Waals surface area contributed by atoms with E-state index in [0.717, 1.165) is 25.9 Å². The molecule has 0 bridgehead atoms. The first-order valence-corrected chi connectivity index (χ1v) is 7.77. The molecule has 2 atom stereocenters. The van der Waals surface area contributed by atoms with Crippen LogP contribution in [-0.2, 0) is 9.59 Å². The second-order valence-corrected chi connectivity index (χ2v) is 5.79. The van der Waals surface area contributed by atoms with Gasteiger partial charge in [0.1, 0.15) is 11.7 Å². The Balaban J connectivity index is 2.16. The summed E-state index contributed by atoms with van der Waals surface area (Å²) in [6.07, 6.45) is 3.03. The molecule has 0 radical (unpaired) electrons. The number of piperidine rings is 1. The second-order valence-electron chi connectivity index (χ2n) is 5.79. The van der Waals surface area contributed by atoms with Crippen molar-refractivity contribution in [2.24, 2.45) is 11.7 Å². The Labute approximate surface area is 133 Å². The number of carbonyl (C=O) groups is 2. The van der Waals surface area contributed by atoms with E-state index in [1.807, 2.05) is 0 Å². The van der Waals surface area contributed by atoms with Crippen molar-refractivity contribution in [2.45, 2.75) is 37.8 Å². The van der Waals surface area contributed by atoms with Crippen molar-refractivity contribution in [3.63, 3.8) is 0 Å². The van der Waals surface area contributed by atoms with Gasteiger partial charge >= 0.3 is 5.97 Å². The standard InChI is InChI=1S/C14H23N5O4/c15-10(8-20)11-7-19(18-17-11)12(1-2-13(21)22)14(23)9-3-5-16-6-4-9/h7,9-10,12,16,20H,1-6,8,15H2,(H,21,22)/t10-,12-/m0/s1. The van der Waals surface area contributed by atoms with E-state index < -0.39 is 18.1 Å². The van der Waals surface area contributed by atoms with Crippen molar-refractivity contribution >= 4 is 11.8 Å². The van der Waals surface area contributed by atoms with Crippen LogP contribution in [-0.4, -0.2) is 56.7 Å². The van der Waals surface area contributed by atoms with Crippen molar-refractivity contribution in [3.05, 3.63) is 11.9 Å². The zero-order valence-electron chi connectivity index (χ0n) is 12.9. The summed E-state index contributed by atoms with van der Waals surface area (Å²) in [5, 5.41) is 29.0. The summed E-state index contributed by atoms with van der Waals surface area (Å²) >= 11 is 0. The summed E-state index contributed by atoms with van der Waals surface area (Å²) in [6, 6.07) is -1.33. The number of nitrogens with zero attached hydrogens (tertiary/aromatic N) is 3. The Morgan fingerprint density at radius 1 is 1.43 bits per heavy atom. The van der Waals surface area contributed by atoms with Gasteiger partial charge in [-0.05, 0) is 32.4 Å². The number of ketones is 1. The molecule has 9 nitrogen and oxygen atoms in total. The van der Waals surface area contributed by atoms with Crippen molar-refractivity contribution in [2.75, 3.05) is 19.7 Å². The summed E-state index contributed by atoms with van der Waals surface area (Å²) in [6.45, 7) is 1.28. The van der Waals surface area contributed by atoms with Gasteiger partial charge in [0.15, 0.2) is 5.78 Å². The lowest BCUT2D eigenvalue weighted by atomic mass is 9.88. The maximum absolute atomic E-state index is 12.8. The number of hydrogen-bond donors (Lipinski definition) is 4. The van der Waals surface area contributed by atoms with E-state index in [4.69, 9.17) is 15.9 Å². The van der Waals surface area contributed by atoms with E-state index in [0.29, 0.717) is 5.69 Å². The van der Waals surface area contributed by atoms with Crippen LogP contribution in [0.3, 0.4) is 0 Å². The quantitative estimate of drug-likeness (QED) is 0.488.